The second kappa shape index (κ2) is 7.86. The molecule has 0 saturated heterocycles. The second-order valence-corrected chi connectivity index (χ2v) is 9.18. The summed E-state index contributed by atoms with van der Waals surface area (Å²) in [6.07, 6.45) is 9.24. The summed E-state index contributed by atoms with van der Waals surface area (Å²) < 4.78 is 23.8. The molecule has 35 heavy (non-hydrogen) atoms. The predicted octanol–water partition coefficient (Wildman–Crippen LogP) is 3.91. The van der Waals surface area contributed by atoms with Gasteiger partial charge in [0.25, 0.3) is 11.7 Å². The van der Waals surface area contributed by atoms with Crippen LogP contribution in [0.15, 0.2) is 59.6 Å². The van der Waals surface area contributed by atoms with Crippen molar-refractivity contribution in [2.24, 2.45) is 7.05 Å². The lowest BCUT2D eigenvalue weighted by atomic mass is 10.00. The molecule has 1 aliphatic carbocycles. The average Bonchev–Trinajstić information content (AvgIpc) is 3.29. The monoisotopic (exact) mass is 471 g/mol. The van der Waals surface area contributed by atoms with Gasteiger partial charge in [-0.25, -0.2) is 8.91 Å². The molecule has 1 aliphatic rings. The van der Waals surface area contributed by atoms with Crippen LogP contribution in [0, 0.1) is 5.82 Å². The van der Waals surface area contributed by atoms with Crippen molar-refractivity contribution >= 4 is 11.4 Å². The van der Waals surface area contributed by atoms with E-state index >= 15 is 4.39 Å². The van der Waals surface area contributed by atoms with Crippen molar-refractivity contribution < 1.29 is 13.7 Å². The van der Waals surface area contributed by atoms with Crippen molar-refractivity contribution in [2.45, 2.75) is 31.7 Å². The molecule has 1 N–H and O–H groups in total. The summed E-state index contributed by atoms with van der Waals surface area (Å²) in [7, 11) is 1.86. The molecule has 4 aromatic heterocycles. The number of carbonyl (C=O) groups excluding carboxylic acids is 1. The number of benzene rings is 1. The van der Waals surface area contributed by atoms with Gasteiger partial charge in [-0.05, 0) is 36.6 Å². The van der Waals surface area contributed by atoms with Gasteiger partial charge in [0.1, 0.15) is 5.82 Å². The van der Waals surface area contributed by atoms with Gasteiger partial charge < -0.3 is 9.84 Å². The highest BCUT2D eigenvalue weighted by atomic mass is 19.1. The van der Waals surface area contributed by atoms with E-state index in [0.717, 1.165) is 35.0 Å². The lowest BCUT2D eigenvalue weighted by Gasteiger charge is -2.10. The molecule has 1 fully saturated rings. The van der Waals surface area contributed by atoms with Crippen molar-refractivity contribution in [3.63, 3.8) is 0 Å². The van der Waals surface area contributed by atoms with Crippen LogP contribution in [-0.4, -0.2) is 35.4 Å². The first kappa shape index (κ1) is 21.2. The number of aryl methyl sites for hydroxylation is 1. The Bertz CT molecular complexity index is 1580. The van der Waals surface area contributed by atoms with Crippen LogP contribution < -0.4 is 5.32 Å². The minimum absolute atomic E-state index is 0.00387. The van der Waals surface area contributed by atoms with Crippen LogP contribution >= 0.6 is 0 Å². The second-order valence-electron chi connectivity index (χ2n) is 9.18. The number of hydrogen-bond acceptors (Lipinski definition) is 6. The van der Waals surface area contributed by atoms with Crippen molar-refractivity contribution in [3.8, 4) is 22.3 Å². The first-order valence-electron chi connectivity index (χ1n) is 11.3. The van der Waals surface area contributed by atoms with Crippen LogP contribution in [0.2, 0.25) is 0 Å². The molecule has 0 unspecified atom stereocenters. The predicted molar refractivity (Wildman–Crippen MR) is 125 cm³/mol. The zero-order valence-corrected chi connectivity index (χ0v) is 19.2. The van der Waals surface area contributed by atoms with E-state index in [0.29, 0.717) is 17.0 Å². The Morgan fingerprint density at radius 2 is 2.00 bits per heavy atom. The van der Waals surface area contributed by atoms with Gasteiger partial charge in [-0.1, -0.05) is 24.2 Å². The summed E-state index contributed by atoms with van der Waals surface area (Å²) in [6, 6.07) is 8.85. The number of nitrogens with one attached hydrogen (secondary N) is 1. The molecule has 0 spiro atoms. The fourth-order valence-electron chi connectivity index (χ4n) is 4.06. The molecular formula is C25H22FN7O2. The summed E-state index contributed by atoms with van der Waals surface area (Å²) in [6.45, 7) is 2.02. The van der Waals surface area contributed by atoms with E-state index < -0.39 is 11.7 Å². The molecule has 4 heterocycles. The third-order valence-corrected chi connectivity index (χ3v) is 6.49. The summed E-state index contributed by atoms with van der Waals surface area (Å²) in [4.78, 5) is 16.6. The summed E-state index contributed by atoms with van der Waals surface area (Å²) in [5, 5.41) is 15.0. The Morgan fingerprint density at radius 3 is 2.74 bits per heavy atom. The number of halogens is 1. The Kier molecular flexibility index (Phi) is 4.77. The Labute approximate surface area is 199 Å². The molecule has 10 heteroatoms. The van der Waals surface area contributed by atoms with Crippen LogP contribution in [-0.2, 0) is 19.0 Å². The maximum Gasteiger partial charge on any atom is 0.292 e. The Hall–Kier alpha value is -4.34. The highest BCUT2D eigenvalue weighted by Gasteiger charge is 2.44. The number of nitrogens with zero attached hydrogens (tertiary/aromatic N) is 6. The Morgan fingerprint density at radius 1 is 1.14 bits per heavy atom. The largest absolute Gasteiger partial charge is 0.345 e. The standard InChI is InChI=1S/C25H22FN7O2/c1-25(6-7-25)24-30-22(31-35-24)23(34)27-11-16-4-3-15(10-20(16)26)19-9-17(18-12-29-32(2)13-18)14-33-21(19)5-8-28-33/h3-5,8-10,12-14H,6-7,11H2,1-2H3,(H,27,34). The van der Waals surface area contributed by atoms with Gasteiger partial charge in [0.2, 0.25) is 5.89 Å². The van der Waals surface area contributed by atoms with E-state index in [9.17, 15) is 4.79 Å². The molecule has 0 atom stereocenters. The summed E-state index contributed by atoms with van der Waals surface area (Å²) in [5.74, 6) is -0.497. The highest BCUT2D eigenvalue weighted by molar-refractivity contribution is 5.90. The molecule has 9 nitrogen and oxygen atoms in total. The van der Waals surface area contributed by atoms with E-state index in [4.69, 9.17) is 4.52 Å². The molecule has 1 aromatic carbocycles. The zero-order valence-electron chi connectivity index (χ0n) is 19.2. The van der Waals surface area contributed by atoms with Crippen molar-refractivity contribution in [1.29, 1.82) is 0 Å². The molecule has 1 amide bonds. The third-order valence-electron chi connectivity index (χ3n) is 6.49. The van der Waals surface area contributed by atoms with Crippen LogP contribution in [0.5, 0.6) is 0 Å². The van der Waals surface area contributed by atoms with Gasteiger partial charge in [0.05, 0.1) is 11.7 Å². The van der Waals surface area contributed by atoms with Crippen molar-refractivity contribution in [3.05, 3.63) is 78.2 Å². The summed E-state index contributed by atoms with van der Waals surface area (Å²) in [5.41, 5.74) is 4.48. The van der Waals surface area contributed by atoms with E-state index in [2.05, 4.69) is 25.7 Å². The van der Waals surface area contributed by atoms with E-state index in [1.165, 1.54) is 6.07 Å². The lowest BCUT2D eigenvalue weighted by Crippen LogP contribution is -2.24. The highest BCUT2D eigenvalue weighted by Crippen LogP contribution is 2.46. The number of fused-ring (bicyclic) bond motifs is 1. The number of carbonyl (C=O) groups is 1. The van der Waals surface area contributed by atoms with Gasteiger partial charge in [-0.3, -0.25) is 9.48 Å². The van der Waals surface area contributed by atoms with Crippen molar-refractivity contribution in [2.75, 3.05) is 0 Å². The van der Waals surface area contributed by atoms with E-state index in [1.54, 1.807) is 27.7 Å². The first-order chi connectivity index (χ1) is 16.9. The maximum absolute atomic E-state index is 15.1. The molecule has 5 aromatic rings. The number of rotatable bonds is 6. The fraction of sp³-hybridized carbons (Fsp3) is 0.240. The fourth-order valence-corrected chi connectivity index (χ4v) is 4.06. The number of pyridine rings is 1. The van der Waals surface area contributed by atoms with Crippen LogP contribution in [0.3, 0.4) is 0 Å². The minimum Gasteiger partial charge on any atom is -0.345 e. The van der Waals surface area contributed by atoms with Gasteiger partial charge in [-0.15, -0.1) is 0 Å². The Balaban J connectivity index is 1.24. The van der Waals surface area contributed by atoms with Crippen LogP contribution in [0.1, 0.15) is 41.8 Å². The molecule has 6 rings (SSSR count). The first-order valence-corrected chi connectivity index (χ1v) is 11.3. The van der Waals surface area contributed by atoms with Crippen LogP contribution in [0.25, 0.3) is 27.8 Å². The molecule has 0 bridgehead atoms. The van der Waals surface area contributed by atoms with E-state index in [1.807, 2.05) is 44.6 Å². The minimum atomic E-state index is -0.502. The van der Waals surface area contributed by atoms with E-state index in [-0.39, 0.29) is 17.8 Å². The van der Waals surface area contributed by atoms with Crippen LogP contribution in [0.4, 0.5) is 4.39 Å². The smallest absolute Gasteiger partial charge is 0.292 e. The van der Waals surface area contributed by atoms with Crippen molar-refractivity contribution in [1.82, 2.24) is 34.9 Å². The quantitative estimate of drug-likeness (QED) is 0.403. The number of amides is 1. The number of aromatic nitrogens is 6. The summed E-state index contributed by atoms with van der Waals surface area (Å²) >= 11 is 0. The normalized spacial score (nSPS) is 14.4. The van der Waals surface area contributed by atoms with Gasteiger partial charge in [0.15, 0.2) is 0 Å². The van der Waals surface area contributed by atoms with Gasteiger partial charge >= 0.3 is 0 Å². The maximum atomic E-state index is 15.1. The number of hydrogen-bond donors (Lipinski definition) is 1. The molecule has 176 valence electrons. The van der Waals surface area contributed by atoms with Gasteiger partial charge in [0, 0.05) is 59.9 Å². The third kappa shape index (κ3) is 3.86. The topological polar surface area (TPSA) is 103 Å². The van der Waals surface area contributed by atoms with Gasteiger partial charge in [-0.2, -0.15) is 15.2 Å². The average molecular weight is 471 g/mol. The molecule has 0 aliphatic heterocycles. The molecular weight excluding hydrogens is 449 g/mol. The lowest BCUT2D eigenvalue weighted by molar-refractivity contribution is 0.0937. The molecule has 1 saturated carbocycles. The SMILES string of the molecule is Cn1cc(-c2cc(-c3ccc(CNC(=O)c4noc(C5(C)CC5)n4)c(F)c3)c3ccnn3c2)cn1. The molecule has 0 radical (unpaired) electrons. The zero-order chi connectivity index (χ0) is 24.2.